The van der Waals surface area contributed by atoms with Gasteiger partial charge in [-0.05, 0) is 81.4 Å². The Morgan fingerprint density at radius 1 is 1.03 bits per heavy atom. The van der Waals surface area contributed by atoms with E-state index in [2.05, 4.69) is 4.90 Å². The molecule has 3 N–H and O–H groups in total. The van der Waals surface area contributed by atoms with E-state index in [1.807, 2.05) is 44.4 Å². The molecule has 192 valence electrons. The second kappa shape index (κ2) is 8.78. The van der Waals surface area contributed by atoms with Crippen molar-refractivity contribution < 1.29 is 29.7 Å². The lowest BCUT2D eigenvalue weighted by Gasteiger charge is -2.46. The van der Waals surface area contributed by atoms with Crippen LogP contribution in [0.15, 0.2) is 53.1 Å². The average Bonchev–Trinajstić information content (AvgIpc) is 2.81. The molecule has 5 rings (SSSR count). The quantitative estimate of drug-likeness (QED) is 0.432. The summed E-state index contributed by atoms with van der Waals surface area (Å²) < 4.78 is 0. The van der Waals surface area contributed by atoms with Crippen molar-refractivity contribution in [2.45, 2.75) is 45.3 Å². The summed E-state index contributed by atoms with van der Waals surface area (Å²) in [7, 11) is 4.00. The lowest BCUT2D eigenvalue weighted by Crippen LogP contribution is -2.61. The molecule has 0 spiro atoms. The topological polar surface area (TPSA) is 115 Å². The van der Waals surface area contributed by atoms with E-state index in [0.29, 0.717) is 18.4 Å². The third kappa shape index (κ3) is 3.76. The zero-order valence-electron chi connectivity index (χ0n) is 21.5. The maximum atomic E-state index is 13.7. The molecule has 0 radical (unpaired) electrons. The number of phenolic OH excluding ortho intramolecular Hbond substituents is 1. The van der Waals surface area contributed by atoms with Gasteiger partial charge in [0.1, 0.15) is 11.5 Å². The third-order valence-electron chi connectivity index (χ3n) is 8.06. The summed E-state index contributed by atoms with van der Waals surface area (Å²) in [5, 5.41) is 33.5. The molecule has 1 fully saturated rings. The van der Waals surface area contributed by atoms with Crippen molar-refractivity contribution >= 4 is 23.1 Å². The molecular weight excluding hydrogens is 470 g/mol. The molecule has 3 aliphatic carbocycles. The highest BCUT2D eigenvalue weighted by atomic mass is 16.3. The van der Waals surface area contributed by atoms with Crippen LogP contribution in [0.2, 0.25) is 0 Å². The number of rotatable bonds is 4. The number of aliphatic hydroxyl groups excluding tert-OH is 1. The first-order valence-electron chi connectivity index (χ1n) is 12.5. The van der Waals surface area contributed by atoms with Gasteiger partial charge >= 0.3 is 0 Å². The summed E-state index contributed by atoms with van der Waals surface area (Å²) in [5.74, 6) is -3.96. The van der Waals surface area contributed by atoms with Crippen molar-refractivity contribution in [3.8, 4) is 16.9 Å². The summed E-state index contributed by atoms with van der Waals surface area (Å²) in [6.07, 6.45) is 0.916. The highest BCUT2D eigenvalue weighted by Gasteiger charge is 2.60. The van der Waals surface area contributed by atoms with Crippen molar-refractivity contribution in [1.82, 2.24) is 4.90 Å². The van der Waals surface area contributed by atoms with Crippen molar-refractivity contribution in [3.63, 3.8) is 0 Å². The first-order chi connectivity index (χ1) is 17.4. The lowest BCUT2D eigenvalue weighted by atomic mass is 9.57. The average molecular weight is 502 g/mol. The van der Waals surface area contributed by atoms with Crippen LogP contribution in [0.4, 0.5) is 0 Å². The monoisotopic (exact) mass is 501 g/mol. The molecule has 0 aliphatic heterocycles. The van der Waals surface area contributed by atoms with Crippen LogP contribution in [0.5, 0.6) is 5.75 Å². The number of allylic oxidation sites excluding steroid dienone is 1. The standard InChI is InChI=1S/C30H31NO6/c1-15-11-20-12-19-13-22-21(18-7-5-17(6-8-18)14-31(3)4)9-10-23(33)26(22)27(34)25(19)29(36)30(20,37)28(35)24(15)16(2)32/h5-10,19-20,33-34,37H,11-14H2,1-4H3/t19-,20-,30-/m1/s1. The van der Waals surface area contributed by atoms with E-state index in [-0.39, 0.29) is 28.9 Å². The molecule has 37 heavy (non-hydrogen) atoms. The molecule has 0 heterocycles. The van der Waals surface area contributed by atoms with Crippen LogP contribution < -0.4 is 0 Å². The fraction of sp³-hybridized carbons (Fsp3) is 0.367. The Morgan fingerprint density at radius 3 is 2.32 bits per heavy atom. The van der Waals surface area contributed by atoms with Crippen molar-refractivity contribution in [1.29, 1.82) is 0 Å². The zero-order valence-corrected chi connectivity index (χ0v) is 21.5. The van der Waals surface area contributed by atoms with Gasteiger partial charge in [0.15, 0.2) is 11.4 Å². The largest absolute Gasteiger partial charge is 0.507 e. The number of benzene rings is 2. The van der Waals surface area contributed by atoms with E-state index in [9.17, 15) is 29.7 Å². The van der Waals surface area contributed by atoms with E-state index in [4.69, 9.17) is 0 Å². The van der Waals surface area contributed by atoms with E-state index >= 15 is 0 Å². The molecule has 2 aromatic rings. The van der Waals surface area contributed by atoms with E-state index in [0.717, 1.165) is 28.8 Å². The Balaban J connectivity index is 1.62. The van der Waals surface area contributed by atoms with Gasteiger partial charge in [-0.25, -0.2) is 0 Å². The van der Waals surface area contributed by atoms with Crippen LogP contribution in [-0.2, 0) is 27.3 Å². The van der Waals surface area contributed by atoms with Gasteiger partial charge in [0, 0.05) is 18.0 Å². The van der Waals surface area contributed by atoms with Crippen LogP contribution in [0.25, 0.3) is 16.9 Å². The molecule has 1 saturated carbocycles. The van der Waals surface area contributed by atoms with Crippen molar-refractivity contribution in [2.24, 2.45) is 11.8 Å². The molecule has 0 unspecified atom stereocenters. The number of nitrogens with zero attached hydrogens (tertiary/aromatic N) is 1. The summed E-state index contributed by atoms with van der Waals surface area (Å²) in [5.41, 5.74) is 1.79. The smallest absolute Gasteiger partial charge is 0.206 e. The number of aromatic hydroxyl groups is 1. The van der Waals surface area contributed by atoms with E-state index in [1.165, 1.54) is 13.0 Å². The maximum Gasteiger partial charge on any atom is 0.206 e. The Labute approximate surface area is 215 Å². The number of hydrogen-bond acceptors (Lipinski definition) is 7. The zero-order chi connectivity index (χ0) is 26.8. The Morgan fingerprint density at radius 2 is 1.70 bits per heavy atom. The fourth-order valence-electron chi connectivity index (χ4n) is 6.45. The number of Topliss-reactive ketones (excluding diaryl/α,β-unsaturated/α-hetero) is 3. The number of fused-ring (bicyclic) bond motifs is 3. The van der Waals surface area contributed by atoms with Gasteiger partial charge in [-0.3, -0.25) is 14.4 Å². The molecule has 7 nitrogen and oxygen atoms in total. The maximum absolute atomic E-state index is 13.7. The van der Waals surface area contributed by atoms with Gasteiger partial charge in [-0.15, -0.1) is 0 Å². The van der Waals surface area contributed by atoms with Gasteiger partial charge < -0.3 is 20.2 Å². The summed E-state index contributed by atoms with van der Waals surface area (Å²) >= 11 is 0. The van der Waals surface area contributed by atoms with Gasteiger partial charge in [0.05, 0.1) is 11.1 Å². The van der Waals surface area contributed by atoms with Gasteiger partial charge in [0.25, 0.3) is 0 Å². The highest BCUT2D eigenvalue weighted by molar-refractivity contribution is 6.33. The minimum atomic E-state index is -2.40. The molecule has 0 bridgehead atoms. The Hall–Kier alpha value is -3.55. The molecule has 7 heteroatoms. The molecular formula is C30H31NO6. The minimum absolute atomic E-state index is 0.0455. The summed E-state index contributed by atoms with van der Waals surface area (Å²) in [6, 6.07) is 11.4. The lowest BCUT2D eigenvalue weighted by molar-refractivity contribution is -0.157. The van der Waals surface area contributed by atoms with Crippen LogP contribution in [0, 0.1) is 11.8 Å². The van der Waals surface area contributed by atoms with Crippen molar-refractivity contribution in [3.05, 3.63) is 69.8 Å². The number of phenols is 1. The molecule has 2 aromatic carbocycles. The SMILES string of the molecule is CC(=O)C1=C(C)C[C@@H]2C[C@@H]3Cc4c(-c5ccc(CN(C)C)cc5)ccc(O)c4C(O)=C3C(=O)[C@]2(O)C1=O. The van der Waals surface area contributed by atoms with Crippen molar-refractivity contribution in [2.75, 3.05) is 14.1 Å². The van der Waals surface area contributed by atoms with Gasteiger partial charge in [-0.1, -0.05) is 35.9 Å². The number of carbonyl (C=O) groups excluding carboxylic acids is 3. The summed E-state index contributed by atoms with van der Waals surface area (Å²) in [6.45, 7) is 3.73. The number of carbonyl (C=O) groups is 3. The molecule has 0 saturated heterocycles. The highest BCUT2D eigenvalue weighted by Crippen LogP contribution is 2.52. The predicted octanol–water partition coefficient (Wildman–Crippen LogP) is 3.76. The van der Waals surface area contributed by atoms with E-state index < -0.39 is 40.5 Å². The molecule has 0 amide bonds. The number of hydrogen-bond donors (Lipinski definition) is 3. The molecule has 3 aliphatic rings. The van der Waals surface area contributed by atoms with Crippen LogP contribution in [0.1, 0.15) is 43.4 Å². The Kier molecular flexibility index (Phi) is 5.96. The predicted molar refractivity (Wildman–Crippen MR) is 139 cm³/mol. The number of ketones is 3. The summed E-state index contributed by atoms with van der Waals surface area (Å²) in [4.78, 5) is 41.2. The second-order valence-electron chi connectivity index (χ2n) is 10.9. The normalized spacial score (nSPS) is 25.2. The first kappa shape index (κ1) is 25.1. The third-order valence-corrected chi connectivity index (χ3v) is 8.06. The van der Waals surface area contributed by atoms with Gasteiger partial charge in [-0.2, -0.15) is 0 Å². The minimum Gasteiger partial charge on any atom is -0.507 e. The second-order valence-corrected chi connectivity index (χ2v) is 10.9. The van der Waals surface area contributed by atoms with Gasteiger partial charge in [0.2, 0.25) is 11.6 Å². The fourth-order valence-corrected chi connectivity index (χ4v) is 6.45. The molecule has 0 aromatic heterocycles. The Bertz CT molecular complexity index is 1410. The first-order valence-corrected chi connectivity index (χ1v) is 12.5. The molecule has 3 atom stereocenters. The van der Waals surface area contributed by atoms with Crippen LogP contribution in [-0.4, -0.2) is 57.3 Å². The van der Waals surface area contributed by atoms with Crippen LogP contribution >= 0.6 is 0 Å². The van der Waals surface area contributed by atoms with E-state index in [1.54, 1.807) is 6.92 Å². The van der Waals surface area contributed by atoms with Crippen LogP contribution in [0.3, 0.4) is 0 Å². The number of aliphatic hydroxyl groups is 2.